The Morgan fingerprint density at radius 1 is 1.13 bits per heavy atom. The third kappa shape index (κ3) is 1.99. The van der Waals surface area contributed by atoms with Crippen molar-refractivity contribution in [3.05, 3.63) is 48.0 Å². The van der Waals surface area contributed by atoms with Gasteiger partial charge in [-0.15, -0.1) is 11.6 Å². The summed E-state index contributed by atoms with van der Waals surface area (Å²) in [6.07, 6.45) is 0. The fourth-order valence-electron chi connectivity index (χ4n) is 1.87. The number of nitrogens with one attached hydrogen (secondary N) is 1. The van der Waals surface area contributed by atoms with E-state index in [1.54, 1.807) is 0 Å². The summed E-state index contributed by atoms with van der Waals surface area (Å²) in [5.74, 6) is 0.588. The van der Waals surface area contributed by atoms with Gasteiger partial charge >= 0.3 is 0 Å². The van der Waals surface area contributed by atoms with Crippen molar-refractivity contribution >= 4 is 22.4 Å². The first kappa shape index (κ1) is 10.5. The van der Waals surface area contributed by atoms with E-state index in [1.807, 2.05) is 7.05 Å². The van der Waals surface area contributed by atoms with Crippen LogP contribution >= 0.6 is 11.6 Å². The molecule has 1 atom stereocenters. The van der Waals surface area contributed by atoms with Gasteiger partial charge in [0.15, 0.2) is 0 Å². The Morgan fingerprint density at radius 3 is 2.60 bits per heavy atom. The zero-order valence-electron chi connectivity index (χ0n) is 8.70. The van der Waals surface area contributed by atoms with E-state index < -0.39 is 0 Å². The van der Waals surface area contributed by atoms with Crippen LogP contribution in [0.4, 0.5) is 0 Å². The van der Waals surface area contributed by atoms with E-state index in [1.165, 1.54) is 16.3 Å². The molecule has 0 radical (unpaired) electrons. The van der Waals surface area contributed by atoms with Gasteiger partial charge in [-0.3, -0.25) is 0 Å². The molecule has 1 unspecified atom stereocenters. The van der Waals surface area contributed by atoms with E-state index in [4.69, 9.17) is 11.6 Å². The first-order valence-corrected chi connectivity index (χ1v) is 5.61. The fourth-order valence-corrected chi connectivity index (χ4v) is 2.19. The zero-order valence-corrected chi connectivity index (χ0v) is 9.46. The molecule has 0 fully saturated rings. The maximum absolute atomic E-state index is 5.94. The molecule has 0 amide bonds. The van der Waals surface area contributed by atoms with Crippen molar-refractivity contribution in [3.63, 3.8) is 0 Å². The van der Waals surface area contributed by atoms with Crippen LogP contribution in [-0.2, 0) is 0 Å². The highest BCUT2D eigenvalue weighted by atomic mass is 35.5. The minimum absolute atomic E-state index is 0.220. The molecule has 0 saturated heterocycles. The molecule has 2 rings (SSSR count). The number of benzene rings is 2. The second kappa shape index (κ2) is 4.65. The van der Waals surface area contributed by atoms with Crippen LogP contribution in [0, 0.1) is 0 Å². The van der Waals surface area contributed by atoms with Crippen LogP contribution in [0.3, 0.4) is 0 Å². The number of hydrogen-bond donors (Lipinski definition) is 1. The van der Waals surface area contributed by atoms with E-state index in [9.17, 15) is 0 Å². The maximum atomic E-state index is 5.94. The van der Waals surface area contributed by atoms with E-state index in [-0.39, 0.29) is 6.04 Å². The predicted molar refractivity (Wildman–Crippen MR) is 66.5 cm³/mol. The smallest absolute Gasteiger partial charge is 0.0461 e. The molecule has 0 aliphatic heterocycles. The molecule has 0 aliphatic carbocycles. The summed E-state index contributed by atoms with van der Waals surface area (Å²) >= 11 is 5.94. The highest BCUT2D eigenvalue weighted by Crippen LogP contribution is 2.24. The Labute approximate surface area is 95.1 Å². The van der Waals surface area contributed by atoms with E-state index >= 15 is 0 Å². The third-order valence-corrected chi connectivity index (χ3v) is 3.01. The van der Waals surface area contributed by atoms with Gasteiger partial charge < -0.3 is 5.32 Å². The molecule has 2 aromatic carbocycles. The van der Waals surface area contributed by atoms with Crippen molar-refractivity contribution in [2.45, 2.75) is 6.04 Å². The second-order valence-corrected chi connectivity index (χ2v) is 3.87. The molecular weight excluding hydrogens is 206 g/mol. The van der Waals surface area contributed by atoms with Crippen LogP contribution < -0.4 is 5.32 Å². The summed E-state index contributed by atoms with van der Waals surface area (Å²) in [5, 5.41) is 5.77. The van der Waals surface area contributed by atoms with Gasteiger partial charge in [0.1, 0.15) is 0 Å². The summed E-state index contributed by atoms with van der Waals surface area (Å²) in [6, 6.07) is 14.9. The zero-order chi connectivity index (χ0) is 10.7. The molecule has 1 N–H and O–H groups in total. The lowest BCUT2D eigenvalue weighted by Gasteiger charge is -2.15. The van der Waals surface area contributed by atoms with Gasteiger partial charge in [-0.25, -0.2) is 0 Å². The summed E-state index contributed by atoms with van der Waals surface area (Å²) in [7, 11) is 1.94. The average molecular weight is 220 g/mol. The number of fused-ring (bicyclic) bond motifs is 1. The van der Waals surface area contributed by atoms with E-state index in [0.29, 0.717) is 5.88 Å². The van der Waals surface area contributed by atoms with Crippen molar-refractivity contribution in [1.82, 2.24) is 5.32 Å². The fraction of sp³-hybridized carbons (Fsp3) is 0.231. The minimum atomic E-state index is 0.220. The first-order chi connectivity index (χ1) is 7.36. The quantitative estimate of drug-likeness (QED) is 0.781. The largest absolute Gasteiger partial charge is 0.312 e. The molecule has 15 heavy (non-hydrogen) atoms. The van der Waals surface area contributed by atoms with Crippen molar-refractivity contribution in [3.8, 4) is 0 Å². The molecule has 0 bridgehead atoms. The lowest BCUT2D eigenvalue weighted by Crippen LogP contribution is -2.17. The second-order valence-electron chi connectivity index (χ2n) is 3.56. The van der Waals surface area contributed by atoms with Crippen LogP contribution in [-0.4, -0.2) is 12.9 Å². The number of alkyl halides is 1. The summed E-state index contributed by atoms with van der Waals surface area (Å²) in [4.78, 5) is 0. The predicted octanol–water partition coefficient (Wildman–Crippen LogP) is 3.34. The van der Waals surface area contributed by atoms with Crippen molar-refractivity contribution < 1.29 is 0 Å². The summed E-state index contributed by atoms with van der Waals surface area (Å²) < 4.78 is 0. The van der Waals surface area contributed by atoms with Crippen molar-refractivity contribution in [2.24, 2.45) is 0 Å². The topological polar surface area (TPSA) is 12.0 Å². The Kier molecular flexibility index (Phi) is 3.24. The maximum Gasteiger partial charge on any atom is 0.0461 e. The lowest BCUT2D eigenvalue weighted by atomic mass is 10.00. The standard InChI is InChI=1S/C13H14ClN/c1-15-13(9-14)12-8-4-6-10-5-2-3-7-11(10)12/h2-8,13,15H,9H2,1H3. The monoisotopic (exact) mass is 219 g/mol. The van der Waals surface area contributed by atoms with Crippen LogP contribution in [0.1, 0.15) is 11.6 Å². The van der Waals surface area contributed by atoms with Gasteiger partial charge in [-0.05, 0) is 23.4 Å². The van der Waals surface area contributed by atoms with E-state index in [2.05, 4.69) is 47.8 Å². The number of halogens is 1. The molecule has 1 nitrogen and oxygen atoms in total. The van der Waals surface area contributed by atoms with Gasteiger partial charge in [0.25, 0.3) is 0 Å². The molecule has 0 spiro atoms. The van der Waals surface area contributed by atoms with Crippen LogP contribution in [0.15, 0.2) is 42.5 Å². The Balaban J connectivity index is 2.59. The number of hydrogen-bond acceptors (Lipinski definition) is 1. The molecule has 78 valence electrons. The molecule has 0 saturated carbocycles. The summed E-state index contributed by atoms with van der Waals surface area (Å²) in [6.45, 7) is 0. The van der Waals surface area contributed by atoms with Crippen molar-refractivity contribution in [1.29, 1.82) is 0 Å². The normalized spacial score (nSPS) is 12.9. The van der Waals surface area contributed by atoms with Gasteiger partial charge in [-0.2, -0.15) is 0 Å². The SMILES string of the molecule is CNC(CCl)c1cccc2ccccc12. The highest BCUT2D eigenvalue weighted by molar-refractivity contribution is 6.18. The highest BCUT2D eigenvalue weighted by Gasteiger charge is 2.10. The Bertz CT molecular complexity index is 444. The third-order valence-electron chi connectivity index (χ3n) is 2.70. The van der Waals surface area contributed by atoms with Crippen LogP contribution in [0.2, 0.25) is 0 Å². The van der Waals surface area contributed by atoms with E-state index in [0.717, 1.165) is 0 Å². The molecule has 0 aliphatic rings. The number of rotatable bonds is 3. The molecule has 2 heteroatoms. The van der Waals surface area contributed by atoms with Crippen LogP contribution in [0.5, 0.6) is 0 Å². The van der Waals surface area contributed by atoms with Crippen LogP contribution in [0.25, 0.3) is 10.8 Å². The first-order valence-electron chi connectivity index (χ1n) is 5.07. The molecular formula is C13H14ClN. The van der Waals surface area contributed by atoms with Gasteiger partial charge in [0, 0.05) is 11.9 Å². The minimum Gasteiger partial charge on any atom is -0.312 e. The average Bonchev–Trinajstić information content (AvgIpc) is 2.31. The summed E-state index contributed by atoms with van der Waals surface area (Å²) in [5.41, 5.74) is 1.27. The molecule has 0 aromatic heterocycles. The van der Waals surface area contributed by atoms with Gasteiger partial charge in [0.2, 0.25) is 0 Å². The molecule has 0 heterocycles. The lowest BCUT2D eigenvalue weighted by molar-refractivity contribution is 0.663. The molecule has 2 aromatic rings. The van der Waals surface area contributed by atoms with Crippen molar-refractivity contribution in [2.75, 3.05) is 12.9 Å². The van der Waals surface area contributed by atoms with Gasteiger partial charge in [-0.1, -0.05) is 42.5 Å². The van der Waals surface area contributed by atoms with Gasteiger partial charge in [0.05, 0.1) is 0 Å². The Morgan fingerprint density at radius 2 is 1.87 bits per heavy atom. The Hall–Kier alpha value is -1.05.